The first-order chi connectivity index (χ1) is 13.6. The van der Waals surface area contributed by atoms with Gasteiger partial charge in [0.15, 0.2) is 5.65 Å². The molecule has 1 aliphatic carbocycles. The zero-order valence-electron chi connectivity index (χ0n) is 16.6. The maximum atomic E-state index is 12.9. The lowest BCUT2D eigenvalue weighted by Crippen LogP contribution is -2.16. The first-order valence-corrected chi connectivity index (χ1v) is 10.3. The van der Waals surface area contributed by atoms with Gasteiger partial charge in [-0.3, -0.25) is 0 Å². The van der Waals surface area contributed by atoms with E-state index in [1.54, 1.807) is 0 Å². The third-order valence-corrected chi connectivity index (χ3v) is 5.61. The predicted octanol–water partition coefficient (Wildman–Crippen LogP) is 4.87. The minimum Gasteiger partial charge on any atom is -0.462 e. The van der Waals surface area contributed by atoms with E-state index in [0.717, 1.165) is 30.3 Å². The molecule has 6 heteroatoms. The van der Waals surface area contributed by atoms with Crippen LogP contribution in [0.2, 0.25) is 0 Å². The number of nitrogens with zero attached hydrogens (tertiary/aromatic N) is 3. The van der Waals surface area contributed by atoms with E-state index in [-0.39, 0.29) is 6.04 Å². The summed E-state index contributed by atoms with van der Waals surface area (Å²) in [5.41, 5.74) is 9.70. The highest BCUT2D eigenvalue weighted by molar-refractivity contribution is 6.08. The van der Waals surface area contributed by atoms with Crippen molar-refractivity contribution in [3.63, 3.8) is 0 Å². The first-order valence-electron chi connectivity index (χ1n) is 10.3. The molecule has 2 N–H and O–H groups in total. The summed E-state index contributed by atoms with van der Waals surface area (Å²) in [4.78, 5) is 22.5. The molecule has 0 radical (unpaired) electrons. The van der Waals surface area contributed by atoms with Gasteiger partial charge >= 0.3 is 5.97 Å². The van der Waals surface area contributed by atoms with Gasteiger partial charge in [-0.15, -0.1) is 0 Å². The number of nitrogens with two attached hydrogens (primary N) is 1. The van der Waals surface area contributed by atoms with Gasteiger partial charge in [0, 0.05) is 6.04 Å². The van der Waals surface area contributed by atoms with Gasteiger partial charge in [0.1, 0.15) is 16.9 Å². The third kappa shape index (κ3) is 3.43. The van der Waals surface area contributed by atoms with Crippen molar-refractivity contribution < 1.29 is 9.53 Å². The van der Waals surface area contributed by atoms with Crippen molar-refractivity contribution in [3.05, 3.63) is 29.8 Å². The molecule has 1 saturated carbocycles. The number of benzene rings is 1. The van der Waals surface area contributed by atoms with Crippen LogP contribution in [0.4, 0.5) is 5.82 Å². The van der Waals surface area contributed by atoms with E-state index in [2.05, 4.69) is 13.8 Å². The molecule has 0 unspecified atom stereocenters. The number of para-hydroxylation sites is 2. The van der Waals surface area contributed by atoms with Crippen LogP contribution in [-0.4, -0.2) is 27.1 Å². The van der Waals surface area contributed by atoms with E-state index < -0.39 is 5.97 Å². The van der Waals surface area contributed by atoms with Crippen LogP contribution in [0.1, 0.15) is 68.8 Å². The topological polar surface area (TPSA) is 83.0 Å². The zero-order valence-corrected chi connectivity index (χ0v) is 16.6. The highest BCUT2D eigenvalue weighted by atomic mass is 16.5. The Bertz CT molecular complexity index is 1000. The lowest BCUT2D eigenvalue weighted by atomic mass is 9.95. The van der Waals surface area contributed by atoms with Gasteiger partial charge in [0.2, 0.25) is 0 Å². The van der Waals surface area contributed by atoms with Gasteiger partial charge in [-0.1, -0.05) is 45.2 Å². The molecule has 3 aromatic rings. The Labute approximate surface area is 165 Å². The van der Waals surface area contributed by atoms with Crippen LogP contribution in [0.25, 0.3) is 22.2 Å². The Kier molecular flexibility index (Phi) is 5.20. The molecule has 1 aliphatic rings. The van der Waals surface area contributed by atoms with Crippen LogP contribution in [0.3, 0.4) is 0 Å². The normalized spacial score (nSPS) is 15.5. The Morgan fingerprint density at radius 2 is 1.86 bits per heavy atom. The second-order valence-electron chi connectivity index (χ2n) is 8.13. The fourth-order valence-corrected chi connectivity index (χ4v) is 4.05. The number of rotatable bonds is 5. The zero-order chi connectivity index (χ0) is 19.7. The van der Waals surface area contributed by atoms with E-state index in [1.165, 1.54) is 19.3 Å². The van der Waals surface area contributed by atoms with Gasteiger partial charge in [0.25, 0.3) is 0 Å². The van der Waals surface area contributed by atoms with Crippen molar-refractivity contribution in [2.75, 3.05) is 12.3 Å². The predicted molar refractivity (Wildman–Crippen MR) is 111 cm³/mol. The highest BCUT2D eigenvalue weighted by Gasteiger charge is 2.29. The van der Waals surface area contributed by atoms with Gasteiger partial charge in [-0.05, 0) is 37.3 Å². The maximum Gasteiger partial charge on any atom is 0.344 e. The van der Waals surface area contributed by atoms with E-state index >= 15 is 0 Å². The van der Waals surface area contributed by atoms with Gasteiger partial charge in [-0.2, -0.15) is 0 Å². The summed E-state index contributed by atoms with van der Waals surface area (Å²) >= 11 is 0. The molecule has 0 spiro atoms. The van der Waals surface area contributed by atoms with E-state index in [9.17, 15) is 4.79 Å². The van der Waals surface area contributed by atoms with E-state index in [4.69, 9.17) is 20.4 Å². The second kappa shape index (κ2) is 7.78. The Morgan fingerprint density at radius 3 is 2.54 bits per heavy atom. The lowest BCUT2D eigenvalue weighted by molar-refractivity contribution is 0.0491. The molecule has 1 aromatic carbocycles. The van der Waals surface area contributed by atoms with Gasteiger partial charge in [-0.25, -0.2) is 14.8 Å². The van der Waals surface area contributed by atoms with Gasteiger partial charge < -0.3 is 15.0 Å². The molecule has 0 aliphatic heterocycles. The van der Waals surface area contributed by atoms with Crippen molar-refractivity contribution in [1.82, 2.24) is 14.5 Å². The molecule has 0 atom stereocenters. The molecular formula is C22H28N4O2. The minimum absolute atomic E-state index is 0.254. The molecule has 0 bridgehead atoms. The molecule has 4 rings (SSSR count). The van der Waals surface area contributed by atoms with Crippen molar-refractivity contribution in [1.29, 1.82) is 0 Å². The standard InChI is InChI=1S/C22H28N4O2/c1-14(2)12-13-28-22(27)18-19-21(25-17-11-7-6-10-16(17)24-19)26(20(18)23)15-8-4-3-5-9-15/h6-7,10-11,14-15H,3-5,8-9,12-13,23H2,1-2H3. The summed E-state index contributed by atoms with van der Waals surface area (Å²) in [6.07, 6.45) is 6.49. The molecule has 0 saturated heterocycles. The third-order valence-electron chi connectivity index (χ3n) is 5.61. The van der Waals surface area contributed by atoms with Crippen molar-refractivity contribution in [3.8, 4) is 0 Å². The van der Waals surface area contributed by atoms with Crippen LogP contribution in [0, 0.1) is 5.92 Å². The number of fused-ring (bicyclic) bond motifs is 2. The Morgan fingerprint density at radius 1 is 1.18 bits per heavy atom. The molecule has 28 heavy (non-hydrogen) atoms. The molecule has 2 heterocycles. The van der Waals surface area contributed by atoms with Crippen LogP contribution in [0.15, 0.2) is 24.3 Å². The van der Waals surface area contributed by atoms with Gasteiger partial charge in [0.05, 0.1) is 17.6 Å². The van der Waals surface area contributed by atoms with Crippen LogP contribution >= 0.6 is 0 Å². The van der Waals surface area contributed by atoms with Crippen LogP contribution < -0.4 is 5.73 Å². The smallest absolute Gasteiger partial charge is 0.344 e. The number of ether oxygens (including phenoxy) is 1. The van der Waals surface area contributed by atoms with Crippen molar-refractivity contribution >= 4 is 34.0 Å². The second-order valence-corrected chi connectivity index (χ2v) is 8.13. The average Bonchev–Trinajstić information content (AvgIpc) is 2.97. The molecular weight excluding hydrogens is 352 g/mol. The summed E-state index contributed by atoms with van der Waals surface area (Å²) in [6, 6.07) is 7.97. The number of carbonyl (C=O) groups excluding carboxylic acids is 1. The number of hydrogen-bond donors (Lipinski definition) is 1. The number of esters is 1. The summed E-state index contributed by atoms with van der Waals surface area (Å²) in [7, 11) is 0. The number of anilines is 1. The number of aromatic nitrogens is 3. The maximum absolute atomic E-state index is 12.9. The average molecular weight is 380 g/mol. The summed E-state index contributed by atoms with van der Waals surface area (Å²) in [6.45, 7) is 4.59. The van der Waals surface area contributed by atoms with E-state index in [1.807, 2.05) is 28.8 Å². The summed E-state index contributed by atoms with van der Waals surface area (Å²) < 4.78 is 7.58. The fraction of sp³-hybridized carbons (Fsp3) is 0.500. The number of hydrogen-bond acceptors (Lipinski definition) is 5. The molecule has 148 valence electrons. The van der Waals surface area contributed by atoms with Crippen molar-refractivity contribution in [2.24, 2.45) is 5.92 Å². The lowest BCUT2D eigenvalue weighted by Gasteiger charge is -2.24. The highest BCUT2D eigenvalue weighted by Crippen LogP contribution is 2.37. The Hall–Kier alpha value is -2.63. The monoisotopic (exact) mass is 380 g/mol. The first kappa shape index (κ1) is 18.7. The molecule has 6 nitrogen and oxygen atoms in total. The summed E-state index contributed by atoms with van der Waals surface area (Å²) in [5, 5.41) is 0. The number of nitrogen functional groups attached to an aromatic ring is 1. The summed E-state index contributed by atoms with van der Waals surface area (Å²) in [5.74, 6) is 0.506. The quantitative estimate of drug-likeness (QED) is 0.638. The van der Waals surface area contributed by atoms with E-state index in [0.29, 0.717) is 35.1 Å². The van der Waals surface area contributed by atoms with Crippen molar-refractivity contribution in [2.45, 2.75) is 58.4 Å². The molecule has 1 fully saturated rings. The SMILES string of the molecule is CC(C)CCOC(=O)c1c(N)n(C2CCCCC2)c2nc3ccccc3nc12. The number of carbonyl (C=O) groups is 1. The Balaban J connectivity index is 1.84. The molecule has 2 aromatic heterocycles. The van der Waals surface area contributed by atoms with Crippen LogP contribution in [0.5, 0.6) is 0 Å². The largest absolute Gasteiger partial charge is 0.462 e. The minimum atomic E-state index is -0.401. The molecule has 0 amide bonds. The fourth-order valence-electron chi connectivity index (χ4n) is 4.05. The van der Waals surface area contributed by atoms with Crippen LogP contribution in [-0.2, 0) is 4.74 Å².